The second kappa shape index (κ2) is 22.4. The van der Waals surface area contributed by atoms with E-state index in [1.165, 1.54) is 0 Å². The fourth-order valence-corrected chi connectivity index (χ4v) is 0.286. The first-order chi connectivity index (χ1) is 4.72. The number of amides is 1. The van der Waals surface area contributed by atoms with Crippen molar-refractivity contribution in [1.82, 2.24) is 5.32 Å². The van der Waals surface area contributed by atoms with Gasteiger partial charge in [-0.1, -0.05) is 6.47 Å². The standard InChI is InChI=1S/C5H10NO.CHO2.Am.H2N/c1-3-5(7)6-4-2;2-1-3;;/h1,3-4H2,2H3,(H,6,7);(H,2,3);;1H2/q2*-1;;-1. The summed E-state index contributed by atoms with van der Waals surface area (Å²) in [5, 5.41) is 9.36. The van der Waals surface area contributed by atoms with E-state index >= 15 is 0 Å². The second-order valence-electron chi connectivity index (χ2n) is 1.29. The Morgan fingerprint density at radius 1 is 1.67 bits per heavy atom. The smallest absolute Gasteiger partial charge is 0.189 e. The zero-order chi connectivity index (χ0) is 8.41. The fourth-order valence-electron chi connectivity index (χ4n) is 0.286. The van der Waals surface area contributed by atoms with E-state index in [2.05, 4.69) is 12.2 Å². The normalized spacial score (nSPS) is 5.83. The van der Waals surface area contributed by atoms with Gasteiger partial charge in [0.15, 0.2) is 5.91 Å². The summed E-state index contributed by atoms with van der Waals surface area (Å²) in [6.07, 6.45) is 0.341. The van der Waals surface area contributed by atoms with Crippen LogP contribution in [-0.2, 0) is 9.59 Å². The van der Waals surface area contributed by atoms with Gasteiger partial charge >= 0.3 is 0 Å². The topological polar surface area (TPSA) is 99.9 Å². The van der Waals surface area contributed by atoms with E-state index in [0.29, 0.717) is 19.4 Å². The molecule has 0 saturated heterocycles. The molecule has 5 nitrogen and oxygen atoms in total. The molecular formula is C6H13AmN2O3-3. The van der Waals surface area contributed by atoms with Crippen molar-refractivity contribution in [3.8, 4) is 0 Å². The molecule has 75 valence electrons. The van der Waals surface area contributed by atoms with Gasteiger partial charge in [-0.05, 0) is 6.92 Å². The number of carbonyl (C=O) groups excluding carboxylic acids is 1. The summed E-state index contributed by atoms with van der Waals surface area (Å²) in [6, 6.07) is 0. The number of carbonyl (C=O) groups is 1. The molecule has 6 heteroatoms. The zero-order valence-electron chi connectivity index (χ0n) is 6.84. The molecule has 0 aromatic rings. The van der Waals surface area contributed by atoms with E-state index < -0.39 is 0 Å². The minimum Gasteiger partial charge on any atom is -0.693 e. The van der Waals surface area contributed by atoms with Gasteiger partial charge in [0, 0.05) is 20.8 Å². The van der Waals surface area contributed by atoms with Gasteiger partial charge < -0.3 is 28.3 Å². The van der Waals surface area contributed by atoms with E-state index in [1.54, 1.807) is 0 Å². The summed E-state index contributed by atoms with van der Waals surface area (Å²) in [7, 11) is 0. The van der Waals surface area contributed by atoms with Gasteiger partial charge in [0.1, 0.15) is 0 Å². The number of hydrogen-bond acceptors (Lipinski definition) is 2. The van der Waals surface area contributed by atoms with Gasteiger partial charge in [-0.25, -0.2) is 0 Å². The third kappa shape index (κ3) is 34.7. The number of nitrogens with two attached hydrogens (primary N) is 1. The van der Waals surface area contributed by atoms with Crippen molar-refractivity contribution in [2.45, 2.75) is 13.3 Å². The van der Waals surface area contributed by atoms with Crippen LogP contribution < -0.4 is 5.32 Å². The Balaban J connectivity index is -0.0000000569. The van der Waals surface area contributed by atoms with E-state index in [0.717, 1.165) is 0 Å². The van der Waals surface area contributed by atoms with Crippen molar-refractivity contribution < 1.29 is 29.0 Å². The molecular weight excluding hydrogens is 391 g/mol. The average molecular weight is 404 g/mol. The predicted molar refractivity (Wildman–Crippen MR) is 42.3 cm³/mol. The van der Waals surface area contributed by atoms with Crippen molar-refractivity contribution in [3.05, 3.63) is 13.1 Å². The summed E-state index contributed by atoms with van der Waals surface area (Å²) in [5.41, 5.74) is 0. The molecule has 0 saturated carbocycles. The van der Waals surface area contributed by atoms with Crippen LogP contribution in [0.4, 0.5) is 0 Å². The van der Waals surface area contributed by atoms with Crippen LogP contribution in [0.25, 0.3) is 6.15 Å². The van der Waals surface area contributed by atoms with Crippen LogP contribution in [0.5, 0.6) is 0 Å². The number of hydrogen-bond donors (Lipinski definition) is 2. The Morgan fingerprint density at radius 2 is 2.00 bits per heavy atom. The monoisotopic (exact) mass is 402 g/mol. The van der Waals surface area contributed by atoms with Crippen LogP contribution in [0.2, 0.25) is 0 Å². The van der Waals surface area contributed by atoms with Crippen LogP contribution in [-0.4, -0.2) is 24.0 Å². The minimum absolute atomic E-state index is 0. The molecule has 0 aliphatic carbocycles. The van der Waals surface area contributed by atoms with Crippen molar-refractivity contribution in [2.75, 3.05) is 6.54 Å². The third-order valence-corrected chi connectivity index (χ3v) is 0.601. The molecule has 4 N–H and O–H groups in total. The molecule has 0 rings (SSSR count). The molecule has 0 spiro atoms. The molecule has 1 amide bonds. The maximum Gasteiger partial charge on any atom is 0.189 e. The summed E-state index contributed by atoms with van der Waals surface area (Å²) >= 11 is 0. The van der Waals surface area contributed by atoms with E-state index in [-0.39, 0.29) is 26.3 Å². The van der Waals surface area contributed by atoms with E-state index in [1.807, 2.05) is 6.92 Å². The molecule has 0 aromatic heterocycles. The molecule has 0 bridgehead atoms. The molecule has 0 fully saturated rings. The van der Waals surface area contributed by atoms with Crippen LogP contribution in [0.1, 0.15) is 13.3 Å². The van der Waals surface area contributed by atoms with Crippen molar-refractivity contribution in [2.24, 2.45) is 0 Å². The maximum absolute atomic E-state index is 10.2. The van der Waals surface area contributed by atoms with E-state index in [9.17, 15) is 4.79 Å². The van der Waals surface area contributed by atoms with Gasteiger partial charge in [-0.2, -0.15) is 0 Å². The predicted octanol–water partition coefficient (Wildman–Crippen LogP) is 0.675. The zero-order valence-corrected chi connectivity index (χ0v) is 9.99. The molecule has 0 aromatic carbocycles. The molecule has 0 heterocycles. The largest absolute Gasteiger partial charge is 0.693 e. The summed E-state index contributed by atoms with van der Waals surface area (Å²) < 4.78 is 0. The average Bonchev–Trinajstić information content (AvgIpc) is 1.90. The van der Waals surface area contributed by atoms with Gasteiger partial charge in [-0.15, -0.1) is 6.42 Å². The Bertz CT molecular complexity index is 101. The molecule has 12 heavy (non-hydrogen) atoms. The molecule has 0 aliphatic rings. The Hall–Kier alpha value is -0.710. The van der Waals surface area contributed by atoms with Gasteiger partial charge in [0.05, 0.1) is 0 Å². The number of aliphatic hydroxyl groups excluding tert-OH is 1. The van der Waals surface area contributed by atoms with Gasteiger partial charge in [-0.3, -0.25) is 4.79 Å². The summed E-state index contributed by atoms with van der Waals surface area (Å²) in [6.45, 7) is 6.48. The van der Waals surface area contributed by atoms with Crippen LogP contribution in [0, 0.1) is 21.2 Å². The summed E-state index contributed by atoms with van der Waals surface area (Å²) in [4.78, 5) is 18.5. The summed E-state index contributed by atoms with van der Waals surface area (Å²) in [5.74, 6) is 0.0162. The molecule has 0 atom stereocenters. The molecule has 1 radical (unpaired) electrons. The van der Waals surface area contributed by atoms with Gasteiger partial charge in [0.2, 0.25) is 0 Å². The number of nitrogens with one attached hydrogen (secondary N) is 1. The molecule has 0 aliphatic heterocycles. The third-order valence-electron chi connectivity index (χ3n) is 0.601. The van der Waals surface area contributed by atoms with E-state index in [4.69, 9.17) is 9.90 Å². The SMILES string of the molecule is O=[C-]O.[Am].[CH2-]CC(=O)NCC.[NH2-]. The quantitative estimate of drug-likeness (QED) is 0.662. The van der Waals surface area contributed by atoms with Crippen LogP contribution >= 0.6 is 0 Å². The van der Waals surface area contributed by atoms with Crippen LogP contribution in [0.15, 0.2) is 0 Å². The fraction of sp³-hybridized carbons (Fsp3) is 0.500. The van der Waals surface area contributed by atoms with Crippen molar-refractivity contribution in [3.63, 3.8) is 0 Å². The maximum atomic E-state index is 10.2. The second-order valence-corrected chi connectivity index (χ2v) is 1.29. The van der Waals surface area contributed by atoms with Gasteiger partial charge in [0.25, 0.3) is 0 Å². The first kappa shape index (κ1) is 22.5. The van der Waals surface area contributed by atoms with Crippen LogP contribution in [0.3, 0.4) is 0 Å². The first-order valence-corrected chi connectivity index (χ1v) is 2.80. The number of rotatable bonds is 2. The Kier molecular flexibility index (Phi) is 42.1. The minimum atomic E-state index is 0. The Labute approximate surface area is 80.3 Å². The Morgan fingerprint density at radius 3 is 2.08 bits per heavy atom. The first-order valence-electron chi connectivity index (χ1n) is 2.80. The molecule has 0 unspecified atom stereocenters. The van der Waals surface area contributed by atoms with Crippen molar-refractivity contribution >= 4 is 12.4 Å². The van der Waals surface area contributed by atoms with Crippen molar-refractivity contribution in [1.29, 1.82) is 0 Å².